The van der Waals surface area contributed by atoms with Crippen molar-refractivity contribution in [1.29, 1.82) is 0 Å². The summed E-state index contributed by atoms with van der Waals surface area (Å²) in [5.41, 5.74) is 1.20. The van der Waals surface area contributed by atoms with Crippen molar-refractivity contribution in [3.05, 3.63) is 22.3 Å². The zero-order valence-electron chi connectivity index (χ0n) is 10.9. The average Bonchev–Trinajstić information content (AvgIpc) is 2.35. The first kappa shape index (κ1) is 13.8. The fourth-order valence-corrected chi connectivity index (χ4v) is 2.30. The Bertz CT molecular complexity index is 394. The summed E-state index contributed by atoms with van der Waals surface area (Å²) >= 11 is 3.46. The molecule has 5 heteroatoms. The van der Waals surface area contributed by atoms with Gasteiger partial charge in [-0.3, -0.25) is 4.90 Å². The summed E-state index contributed by atoms with van der Waals surface area (Å²) in [5, 5.41) is 3.44. The van der Waals surface area contributed by atoms with Crippen molar-refractivity contribution in [2.24, 2.45) is 0 Å². The van der Waals surface area contributed by atoms with Crippen molar-refractivity contribution in [2.45, 2.75) is 19.9 Å². The fourth-order valence-electron chi connectivity index (χ4n) is 2.09. The predicted octanol–water partition coefficient (Wildman–Crippen LogP) is 2.29. The van der Waals surface area contributed by atoms with E-state index < -0.39 is 0 Å². The van der Waals surface area contributed by atoms with E-state index in [0.29, 0.717) is 6.04 Å². The molecular formula is C13H20BrN3O. The Kier molecular flexibility index (Phi) is 4.97. The average molecular weight is 314 g/mol. The van der Waals surface area contributed by atoms with Gasteiger partial charge in [-0.2, -0.15) is 0 Å². The molecule has 0 aliphatic carbocycles. The van der Waals surface area contributed by atoms with Crippen LogP contribution in [0.4, 0.5) is 5.82 Å². The zero-order valence-corrected chi connectivity index (χ0v) is 12.5. The maximum Gasteiger partial charge on any atom is 0.126 e. The standard InChI is InChI=1S/C13H20BrN3O/c1-10-7-13(15-8-12(10)14)16-11(2)9-17-3-5-18-6-4-17/h7-8,11H,3-6,9H2,1-2H3,(H,15,16)/t11-/m0/s1. The highest BCUT2D eigenvalue weighted by atomic mass is 79.9. The number of ether oxygens (including phenoxy) is 1. The van der Waals surface area contributed by atoms with Gasteiger partial charge >= 0.3 is 0 Å². The monoisotopic (exact) mass is 313 g/mol. The number of nitrogens with one attached hydrogen (secondary N) is 1. The van der Waals surface area contributed by atoms with Gasteiger partial charge in [-0.05, 0) is 41.4 Å². The normalized spacial score (nSPS) is 18.6. The van der Waals surface area contributed by atoms with Gasteiger partial charge in [-0.25, -0.2) is 4.98 Å². The van der Waals surface area contributed by atoms with Crippen LogP contribution in [0, 0.1) is 6.92 Å². The summed E-state index contributed by atoms with van der Waals surface area (Å²) in [6, 6.07) is 2.45. The molecule has 0 saturated carbocycles. The lowest BCUT2D eigenvalue weighted by Crippen LogP contribution is -2.42. The molecule has 4 nitrogen and oxygen atoms in total. The van der Waals surface area contributed by atoms with Gasteiger partial charge in [0, 0.05) is 36.3 Å². The molecule has 0 spiro atoms. The lowest BCUT2D eigenvalue weighted by atomic mass is 10.2. The van der Waals surface area contributed by atoms with Crippen LogP contribution >= 0.6 is 15.9 Å². The fraction of sp³-hybridized carbons (Fsp3) is 0.615. The van der Waals surface area contributed by atoms with E-state index in [9.17, 15) is 0 Å². The van der Waals surface area contributed by atoms with Gasteiger partial charge in [-0.15, -0.1) is 0 Å². The molecule has 0 unspecified atom stereocenters. The number of halogens is 1. The van der Waals surface area contributed by atoms with E-state index in [2.05, 4.69) is 51.0 Å². The van der Waals surface area contributed by atoms with Gasteiger partial charge in [0.2, 0.25) is 0 Å². The molecule has 0 aromatic carbocycles. The number of aryl methyl sites for hydroxylation is 1. The first-order valence-corrected chi connectivity index (χ1v) is 7.13. The Balaban J connectivity index is 1.85. The molecule has 1 aliphatic rings. The van der Waals surface area contributed by atoms with Crippen molar-refractivity contribution >= 4 is 21.7 Å². The molecular weight excluding hydrogens is 294 g/mol. The smallest absolute Gasteiger partial charge is 0.126 e. The van der Waals surface area contributed by atoms with E-state index in [0.717, 1.165) is 43.1 Å². The van der Waals surface area contributed by atoms with Gasteiger partial charge in [0.25, 0.3) is 0 Å². The first-order chi connectivity index (χ1) is 8.65. The number of morpholine rings is 1. The van der Waals surface area contributed by atoms with Crippen molar-refractivity contribution in [3.8, 4) is 0 Å². The molecule has 1 aromatic heterocycles. The van der Waals surface area contributed by atoms with Crippen LogP contribution in [0.3, 0.4) is 0 Å². The summed E-state index contributed by atoms with van der Waals surface area (Å²) in [6.07, 6.45) is 1.85. The third-order valence-corrected chi connectivity index (χ3v) is 3.91. The van der Waals surface area contributed by atoms with Gasteiger partial charge in [0.15, 0.2) is 0 Å². The van der Waals surface area contributed by atoms with Crippen LogP contribution in [0.2, 0.25) is 0 Å². The number of hydrogen-bond acceptors (Lipinski definition) is 4. The first-order valence-electron chi connectivity index (χ1n) is 6.34. The van der Waals surface area contributed by atoms with E-state index in [1.165, 1.54) is 5.56 Å². The van der Waals surface area contributed by atoms with Crippen LogP contribution in [-0.4, -0.2) is 48.8 Å². The molecule has 18 heavy (non-hydrogen) atoms. The largest absolute Gasteiger partial charge is 0.379 e. The van der Waals surface area contributed by atoms with Gasteiger partial charge in [0.05, 0.1) is 13.2 Å². The second-order valence-electron chi connectivity index (χ2n) is 4.78. The maximum absolute atomic E-state index is 5.35. The van der Waals surface area contributed by atoms with E-state index in [4.69, 9.17) is 4.74 Å². The Morgan fingerprint density at radius 2 is 2.22 bits per heavy atom. The Labute approximate surface area is 117 Å². The molecule has 0 amide bonds. The maximum atomic E-state index is 5.35. The Morgan fingerprint density at radius 1 is 1.50 bits per heavy atom. The highest BCUT2D eigenvalue weighted by molar-refractivity contribution is 9.10. The minimum absolute atomic E-state index is 0.385. The number of nitrogens with zero attached hydrogens (tertiary/aromatic N) is 2. The molecule has 1 aromatic rings. The van der Waals surface area contributed by atoms with Crippen LogP contribution in [0.1, 0.15) is 12.5 Å². The van der Waals surface area contributed by atoms with E-state index >= 15 is 0 Å². The van der Waals surface area contributed by atoms with Crippen LogP contribution in [0.5, 0.6) is 0 Å². The SMILES string of the molecule is Cc1cc(N[C@@H](C)CN2CCOCC2)ncc1Br. The number of rotatable bonds is 4. The lowest BCUT2D eigenvalue weighted by molar-refractivity contribution is 0.0368. The van der Waals surface area contributed by atoms with E-state index in [1.807, 2.05) is 6.20 Å². The van der Waals surface area contributed by atoms with Crippen LogP contribution < -0.4 is 5.32 Å². The number of aromatic nitrogens is 1. The molecule has 2 rings (SSSR count). The quantitative estimate of drug-likeness (QED) is 0.925. The van der Waals surface area contributed by atoms with Gasteiger partial charge in [-0.1, -0.05) is 0 Å². The number of hydrogen-bond donors (Lipinski definition) is 1. The zero-order chi connectivity index (χ0) is 13.0. The van der Waals surface area contributed by atoms with Crippen LogP contribution in [0.25, 0.3) is 0 Å². The Hall–Kier alpha value is -0.650. The Morgan fingerprint density at radius 3 is 2.89 bits per heavy atom. The molecule has 2 heterocycles. The topological polar surface area (TPSA) is 37.4 Å². The highest BCUT2D eigenvalue weighted by Crippen LogP contribution is 2.17. The van der Waals surface area contributed by atoms with E-state index in [1.54, 1.807) is 0 Å². The second kappa shape index (κ2) is 6.50. The minimum atomic E-state index is 0.385. The minimum Gasteiger partial charge on any atom is -0.379 e. The summed E-state index contributed by atoms with van der Waals surface area (Å²) < 4.78 is 6.40. The molecule has 0 bridgehead atoms. The number of pyridine rings is 1. The highest BCUT2D eigenvalue weighted by Gasteiger charge is 2.13. The van der Waals surface area contributed by atoms with Crippen molar-refractivity contribution < 1.29 is 4.74 Å². The molecule has 1 N–H and O–H groups in total. The molecule has 1 fully saturated rings. The van der Waals surface area contributed by atoms with Crippen molar-refractivity contribution in [1.82, 2.24) is 9.88 Å². The number of anilines is 1. The van der Waals surface area contributed by atoms with Crippen LogP contribution in [-0.2, 0) is 4.74 Å². The molecule has 1 saturated heterocycles. The third kappa shape index (κ3) is 3.93. The van der Waals surface area contributed by atoms with Gasteiger partial charge < -0.3 is 10.1 Å². The molecule has 100 valence electrons. The molecule has 1 aliphatic heterocycles. The summed E-state index contributed by atoms with van der Waals surface area (Å²) in [4.78, 5) is 6.79. The van der Waals surface area contributed by atoms with Crippen LogP contribution in [0.15, 0.2) is 16.7 Å². The summed E-state index contributed by atoms with van der Waals surface area (Å²) in [7, 11) is 0. The summed E-state index contributed by atoms with van der Waals surface area (Å²) in [5.74, 6) is 0.941. The third-order valence-electron chi connectivity index (χ3n) is 3.08. The van der Waals surface area contributed by atoms with Crippen molar-refractivity contribution in [3.63, 3.8) is 0 Å². The van der Waals surface area contributed by atoms with Crippen molar-refractivity contribution in [2.75, 3.05) is 38.2 Å². The predicted molar refractivity (Wildman–Crippen MR) is 77.0 cm³/mol. The van der Waals surface area contributed by atoms with Gasteiger partial charge in [0.1, 0.15) is 5.82 Å². The second-order valence-corrected chi connectivity index (χ2v) is 5.63. The lowest BCUT2D eigenvalue weighted by Gasteiger charge is -2.29. The van der Waals surface area contributed by atoms with E-state index in [-0.39, 0.29) is 0 Å². The molecule has 0 radical (unpaired) electrons. The summed E-state index contributed by atoms with van der Waals surface area (Å²) in [6.45, 7) is 9.04. The molecule has 1 atom stereocenters.